The molecule has 1 saturated carbocycles. The topological polar surface area (TPSA) is 57.8 Å². The number of carbonyl (C=O) groups excluding carboxylic acids is 1. The second kappa shape index (κ2) is 8.21. The van der Waals surface area contributed by atoms with Crippen molar-refractivity contribution in [2.75, 3.05) is 5.32 Å². The molecule has 1 aliphatic carbocycles. The van der Waals surface area contributed by atoms with Crippen molar-refractivity contribution in [1.82, 2.24) is 4.57 Å². The summed E-state index contributed by atoms with van der Waals surface area (Å²) >= 11 is 12.0. The van der Waals surface area contributed by atoms with E-state index < -0.39 is 5.91 Å². The van der Waals surface area contributed by atoms with Gasteiger partial charge in [0.15, 0.2) is 0 Å². The van der Waals surface area contributed by atoms with Crippen molar-refractivity contribution < 1.29 is 4.79 Å². The molecule has 3 rings (SSSR count). The molecule has 1 amide bonds. The molecular formula is C21H21Cl2N3O. The van der Waals surface area contributed by atoms with E-state index in [9.17, 15) is 10.1 Å². The fourth-order valence-electron chi connectivity index (χ4n) is 3.76. The third kappa shape index (κ3) is 4.21. The van der Waals surface area contributed by atoms with Crippen LogP contribution in [0.4, 0.5) is 5.69 Å². The lowest BCUT2D eigenvalue weighted by molar-refractivity contribution is -0.112. The first-order chi connectivity index (χ1) is 12.9. The Bertz CT molecular complexity index is 947. The average Bonchev–Trinajstić information content (AvgIpc) is 3.23. The number of nitrogens with zero attached hydrogens (tertiary/aromatic N) is 2. The molecule has 1 aromatic carbocycles. The maximum absolute atomic E-state index is 12.5. The number of rotatable bonds is 4. The van der Waals surface area contributed by atoms with Crippen LogP contribution in [0.3, 0.4) is 0 Å². The summed E-state index contributed by atoms with van der Waals surface area (Å²) in [5, 5.41) is 13.0. The van der Waals surface area contributed by atoms with Crippen LogP contribution in [0.15, 0.2) is 29.8 Å². The SMILES string of the molecule is Cc1cc(/C=C(\C#N)C(=O)Nc2ccc(Cl)cc2Cl)c(C)n1C1CCCC1. The van der Waals surface area contributed by atoms with Crippen molar-refractivity contribution in [3.8, 4) is 6.07 Å². The summed E-state index contributed by atoms with van der Waals surface area (Å²) in [7, 11) is 0. The molecule has 2 aromatic rings. The average molecular weight is 402 g/mol. The highest BCUT2D eigenvalue weighted by atomic mass is 35.5. The van der Waals surface area contributed by atoms with Gasteiger partial charge in [-0.15, -0.1) is 0 Å². The molecule has 0 aliphatic heterocycles. The second-order valence-corrected chi connectivity index (χ2v) is 7.73. The molecule has 0 saturated heterocycles. The van der Waals surface area contributed by atoms with E-state index >= 15 is 0 Å². The van der Waals surface area contributed by atoms with Gasteiger partial charge in [0.1, 0.15) is 11.6 Å². The van der Waals surface area contributed by atoms with E-state index in [0.717, 1.165) is 17.0 Å². The Balaban J connectivity index is 1.87. The lowest BCUT2D eigenvalue weighted by Crippen LogP contribution is -2.14. The number of benzene rings is 1. The van der Waals surface area contributed by atoms with Gasteiger partial charge in [-0.1, -0.05) is 36.0 Å². The van der Waals surface area contributed by atoms with Gasteiger partial charge in [-0.2, -0.15) is 5.26 Å². The number of hydrogen-bond acceptors (Lipinski definition) is 2. The Hall–Kier alpha value is -2.22. The van der Waals surface area contributed by atoms with Gasteiger partial charge in [0.25, 0.3) is 5.91 Å². The molecule has 1 fully saturated rings. The molecule has 1 heterocycles. The standard InChI is InChI=1S/C21H21Cl2N3O/c1-13-9-15(14(2)26(13)18-5-3-4-6-18)10-16(12-24)21(27)25-20-8-7-17(22)11-19(20)23/h7-11,18H,3-6H2,1-2H3,(H,25,27)/b16-10+. The molecule has 1 N–H and O–H groups in total. The largest absolute Gasteiger partial charge is 0.346 e. The van der Waals surface area contributed by atoms with Crippen molar-refractivity contribution in [3.05, 3.63) is 56.8 Å². The maximum atomic E-state index is 12.5. The van der Waals surface area contributed by atoms with Crippen LogP contribution in [-0.4, -0.2) is 10.5 Å². The summed E-state index contributed by atoms with van der Waals surface area (Å²) in [5.74, 6) is -0.493. The number of aryl methyl sites for hydroxylation is 1. The summed E-state index contributed by atoms with van der Waals surface area (Å²) in [5.41, 5.74) is 3.60. The molecule has 0 unspecified atom stereocenters. The van der Waals surface area contributed by atoms with Crippen molar-refractivity contribution in [2.45, 2.75) is 45.6 Å². The molecule has 140 valence electrons. The normalized spacial score (nSPS) is 15.0. The van der Waals surface area contributed by atoms with Crippen LogP contribution in [0.5, 0.6) is 0 Å². The lowest BCUT2D eigenvalue weighted by atomic mass is 10.1. The molecular weight excluding hydrogens is 381 g/mol. The van der Waals surface area contributed by atoms with Gasteiger partial charge in [0.2, 0.25) is 0 Å². The molecule has 0 radical (unpaired) electrons. The van der Waals surface area contributed by atoms with Gasteiger partial charge in [-0.3, -0.25) is 4.79 Å². The van der Waals surface area contributed by atoms with Gasteiger partial charge in [-0.25, -0.2) is 0 Å². The minimum absolute atomic E-state index is 0.0349. The number of nitriles is 1. The molecule has 1 aromatic heterocycles. The van der Waals surface area contributed by atoms with E-state index in [2.05, 4.69) is 16.8 Å². The molecule has 0 spiro atoms. The van der Waals surface area contributed by atoms with Crippen LogP contribution in [0.25, 0.3) is 6.08 Å². The highest BCUT2D eigenvalue weighted by Gasteiger charge is 2.21. The molecule has 1 aliphatic rings. The van der Waals surface area contributed by atoms with Gasteiger partial charge in [0, 0.05) is 22.5 Å². The first-order valence-corrected chi connectivity index (χ1v) is 9.73. The number of nitrogens with one attached hydrogen (secondary N) is 1. The second-order valence-electron chi connectivity index (χ2n) is 6.88. The fraction of sp³-hybridized carbons (Fsp3) is 0.333. The van der Waals surface area contributed by atoms with E-state index in [1.165, 1.54) is 25.7 Å². The number of hydrogen-bond donors (Lipinski definition) is 1. The molecule has 0 bridgehead atoms. The minimum atomic E-state index is -0.493. The van der Waals surface area contributed by atoms with Crippen molar-refractivity contribution >= 4 is 40.9 Å². The van der Waals surface area contributed by atoms with Crippen LogP contribution in [0.2, 0.25) is 10.0 Å². The van der Waals surface area contributed by atoms with Gasteiger partial charge in [0.05, 0.1) is 10.7 Å². The van der Waals surface area contributed by atoms with Crippen LogP contribution in [-0.2, 0) is 4.79 Å². The predicted molar refractivity (Wildman–Crippen MR) is 110 cm³/mol. The summed E-state index contributed by atoms with van der Waals surface area (Å²) < 4.78 is 2.34. The smallest absolute Gasteiger partial charge is 0.266 e. The summed E-state index contributed by atoms with van der Waals surface area (Å²) in [6.07, 6.45) is 6.51. The number of aromatic nitrogens is 1. The van der Waals surface area contributed by atoms with Crippen LogP contribution >= 0.6 is 23.2 Å². The fourth-order valence-corrected chi connectivity index (χ4v) is 4.21. The van der Waals surface area contributed by atoms with Crippen molar-refractivity contribution in [3.63, 3.8) is 0 Å². The zero-order valence-electron chi connectivity index (χ0n) is 15.4. The Morgan fingerprint density at radius 1 is 1.26 bits per heavy atom. The molecule has 4 nitrogen and oxygen atoms in total. The maximum Gasteiger partial charge on any atom is 0.266 e. The molecule has 6 heteroatoms. The zero-order valence-corrected chi connectivity index (χ0v) is 16.9. The third-order valence-electron chi connectivity index (χ3n) is 5.06. The number of amides is 1. The number of halogens is 2. The van der Waals surface area contributed by atoms with E-state index in [-0.39, 0.29) is 5.57 Å². The lowest BCUT2D eigenvalue weighted by Gasteiger charge is -2.17. The Morgan fingerprint density at radius 2 is 1.96 bits per heavy atom. The Morgan fingerprint density at radius 3 is 2.59 bits per heavy atom. The number of carbonyl (C=O) groups is 1. The Labute approximate surface area is 169 Å². The summed E-state index contributed by atoms with van der Waals surface area (Å²) in [6, 6.07) is 9.34. The van der Waals surface area contributed by atoms with Crippen molar-refractivity contribution in [1.29, 1.82) is 5.26 Å². The third-order valence-corrected chi connectivity index (χ3v) is 5.61. The van der Waals surface area contributed by atoms with E-state index in [0.29, 0.717) is 21.8 Å². The summed E-state index contributed by atoms with van der Waals surface area (Å²) in [4.78, 5) is 12.5. The first kappa shape index (κ1) is 19.5. The van der Waals surface area contributed by atoms with E-state index in [4.69, 9.17) is 23.2 Å². The highest BCUT2D eigenvalue weighted by molar-refractivity contribution is 6.36. The van der Waals surface area contributed by atoms with Gasteiger partial charge in [-0.05, 0) is 62.6 Å². The van der Waals surface area contributed by atoms with Crippen LogP contribution in [0.1, 0.15) is 48.7 Å². The van der Waals surface area contributed by atoms with Crippen molar-refractivity contribution in [2.24, 2.45) is 0 Å². The van der Waals surface area contributed by atoms with Crippen LogP contribution < -0.4 is 5.32 Å². The molecule has 0 atom stereocenters. The monoisotopic (exact) mass is 401 g/mol. The van der Waals surface area contributed by atoms with E-state index in [1.807, 2.05) is 19.1 Å². The quantitative estimate of drug-likeness (QED) is 0.498. The highest BCUT2D eigenvalue weighted by Crippen LogP contribution is 2.34. The summed E-state index contributed by atoms with van der Waals surface area (Å²) in [6.45, 7) is 4.11. The Kier molecular flexibility index (Phi) is 5.94. The van der Waals surface area contributed by atoms with Gasteiger partial charge >= 0.3 is 0 Å². The minimum Gasteiger partial charge on any atom is -0.346 e. The first-order valence-electron chi connectivity index (χ1n) is 8.97. The molecule has 27 heavy (non-hydrogen) atoms. The van der Waals surface area contributed by atoms with E-state index in [1.54, 1.807) is 24.3 Å². The van der Waals surface area contributed by atoms with Gasteiger partial charge < -0.3 is 9.88 Å². The predicted octanol–water partition coefficient (Wildman–Crippen LogP) is 6.07. The zero-order chi connectivity index (χ0) is 19.6. The van der Waals surface area contributed by atoms with Crippen LogP contribution in [0, 0.1) is 25.2 Å². The number of anilines is 1.